The van der Waals surface area contributed by atoms with E-state index in [0.29, 0.717) is 0 Å². The Morgan fingerprint density at radius 1 is 0.667 bits per heavy atom. The minimum absolute atomic E-state index is 2.70. The third-order valence-electron chi connectivity index (χ3n) is 0.600. The van der Waals surface area contributed by atoms with Crippen molar-refractivity contribution in [2.45, 2.75) is 0 Å². The minimum atomic E-state index is -3.52. The van der Waals surface area contributed by atoms with Crippen LogP contribution in [0.1, 0.15) is 0 Å². The van der Waals surface area contributed by atoms with E-state index in [0.717, 1.165) is 0 Å². The van der Waals surface area contributed by atoms with Gasteiger partial charge in [-0.05, 0) is 0 Å². The quantitative estimate of drug-likeness (QED) is 0.347. The molecule has 0 aromatic heterocycles. The molecule has 40 valence electrons. The van der Waals surface area contributed by atoms with Crippen LogP contribution in [0.25, 0.3) is 18.0 Å². The predicted molar refractivity (Wildman–Crippen MR) is 32.2 cm³/mol. The van der Waals surface area contributed by atoms with Crippen molar-refractivity contribution in [1.82, 2.24) is 0 Å². The van der Waals surface area contributed by atoms with Gasteiger partial charge in [0.1, 0.15) is 0 Å². The summed E-state index contributed by atoms with van der Waals surface area (Å²) in [6.07, 6.45) is 0. The standard InChI is InChI=1S/C4N4Si/c1-5-9(6-2,7-3)8-4. The van der Waals surface area contributed by atoms with Gasteiger partial charge in [0.15, 0.2) is 0 Å². The minimum Gasteiger partial charge on any atom is -0.248 e. The van der Waals surface area contributed by atoms with Gasteiger partial charge >= 0.3 is 8.72 Å². The molecule has 0 amide bonds. The molecule has 0 saturated heterocycles. The Balaban J connectivity index is 4.84. The lowest BCUT2D eigenvalue weighted by Gasteiger charge is -1.62. The van der Waals surface area contributed by atoms with Crippen LogP contribution in [0.5, 0.6) is 0 Å². The molecule has 9 heavy (non-hydrogen) atoms. The second kappa shape index (κ2) is 2.48. The van der Waals surface area contributed by atoms with Gasteiger partial charge in [0.2, 0.25) is 0 Å². The molecule has 0 spiro atoms. The van der Waals surface area contributed by atoms with Crippen molar-refractivity contribution in [2.75, 3.05) is 0 Å². The van der Waals surface area contributed by atoms with E-state index >= 15 is 0 Å². The van der Waals surface area contributed by atoms with E-state index in [2.05, 4.69) is 18.0 Å². The zero-order valence-electron chi connectivity index (χ0n) is 4.29. The molecule has 0 rings (SSSR count). The van der Waals surface area contributed by atoms with Crippen LogP contribution in [0.3, 0.4) is 0 Å². The molecule has 0 bridgehead atoms. The van der Waals surface area contributed by atoms with E-state index in [1.165, 1.54) is 0 Å². The second-order valence-corrected chi connectivity index (χ2v) is 3.14. The molecule has 0 saturated carbocycles. The first-order valence-corrected chi connectivity index (χ1v) is 3.58. The summed E-state index contributed by atoms with van der Waals surface area (Å²) >= 11 is 0. The van der Waals surface area contributed by atoms with Crippen LogP contribution < -0.4 is 0 Å². The van der Waals surface area contributed by atoms with Crippen LogP contribution in [-0.4, -0.2) is 8.72 Å². The third-order valence-corrected chi connectivity index (χ3v) is 1.80. The van der Waals surface area contributed by atoms with E-state index in [4.69, 9.17) is 26.3 Å². The fraction of sp³-hybridized carbons (Fsp3) is 0. The molecule has 0 radical (unpaired) electrons. The van der Waals surface area contributed by atoms with Crippen LogP contribution in [0.15, 0.2) is 0 Å². The van der Waals surface area contributed by atoms with Crippen LogP contribution in [0, 0.1) is 26.3 Å². The molecule has 0 heterocycles. The van der Waals surface area contributed by atoms with Crippen LogP contribution >= 0.6 is 0 Å². The molecular formula is C4N4Si. The van der Waals surface area contributed by atoms with Gasteiger partial charge in [-0.2, -0.15) is 18.0 Å². The van der Waals surface area contributed by atoms with Crippen molar-refractivity contribution in [3.8, 4) is 0 Å². The van der Waals surface area contributed by atoms with Gasteiger partial charge in [0.05, 0.1) is 0 Å². The highest BCUT2D eigenvalue weighted by atomic mass is 28.4. The number of hydrogen-bond acceptors (Lipinski definition) is 0. The van der Waals surface area contributed by atoms with Gasteiger partial charge in [-0.25, -0.2) is 26.3 Å². The summed E-state index contributed by atoms with van der Waals surface area (Å²) in [4.78, 5) is 0. The first-order valence-electron chi connectivity index (χ1n) is 1.79. The first-order chi connectivity index (χ1) is 4.24. The Kier molecular flexibility index (Phi) is 1.97. The first kappa shape index (κ1) is 7.18. The van der Waals surface area contributed by atoms with E-state index in [1.807, 2.05) is 0 Å². The largest absolute Gasteiger partial charge is 1.73 e. The molecule has 0 aromatic carbocycles. The van der Waals surface area contributed by atoms with E-state index < -0.39 is 8.72 Å². The lowest BCUT2D eigenvalue weighted by Crippen LogP contribution is -2.14. The molecular weight excluding hydrogens is 132 g/mol. The van der Waals surface area contributed by atoms with Gasteiger partial charge in [-0.3, -0.25) is 0 Å². The Bertz CT molecular complexity index is 205. The second-order valence-electron chi connectivity index (χ2n) is 1.05. The summed E-state index contributed by atoms with van der Waals surface area (Å²) in [7, 11) is -3.52. The van der Waals surface area contributed by atoms with Gasteiger partial charge in [0, 0.05) is 0 Å². The van der Waals surface area contributed by atoms with Gasteiger partial charge in [-0.1, -0.05) is 0 Å². The van der Waals surface area contributed by atoms with Crippen molar-refractivity contribution in [2.24, 2.45) is 0 Å². The van der Waals surface area contributed by atoms with E-state index in [9.17, 15) is 0 Å². The molecule has 0 N–H and O–H groups in total. The molecule has 0 atom stereocenters. The fourth-order valence-corrected chi connectivity index (χ4v) is 0.450. The average Bonchev–Trinajstić information content (AvgIpc) is 1.95. The molecule has 0 fully saturated rings. The fourth-order valence-electron chi connectivity index (χ4n) is 0.150. The Hall–Kier alpha value is -1.82. The summed E-state index contributed by atoms with van der Waals surface area (Å²) in [5.74, 6) is 0. The van der Waals surface area contributed by atoms with Crippen molar-refractivity contribution in [1.29, 1.82) is 0 Å². The maximum atomic E-state index is 6.35. The normalized spacial score (nSPS) is 7.56. The molecule has 0 aromatic rings. The van der Waals surface area contributed by atoms with Crippen molar-refractivity contribution in [3.63, 3.8) is 0 Å². The highest BCUT2D eigenvalue weighted by molar-refractivity contribution is 6.91. The average molecular weight is 132 g/mol. The predicted octanol–water partition coefficient (Wildman–Crippen LogP) is 1.10. The van der Waals surface area contributed by atoms with E-state index in [-0.39, 0.29) is 0 Å². The topological polar surface area (TPSA) is 17.4 Å². The zero-order valence-corrected chi connectivity index (χ0v) is 5.29. The van der Waals surface area contributed by atoms with Crippen LogP contribution in [-0.2, 0) is 0 Å². The Labute approximate surface area is 53.9 Å². The molecule has 0 aliphatic carbocycles. The maximum Gasteiger partial charge on any atom is 1.73 e. The SMILES string of the molecule is [C-]#[N+][Si]([N+]#[C-])([N+]#[C-])[N+]#[C-]. The zero-order chi connectivity index (χ0) is 7.33. The lowest BCUT2D eigenvalue weighted by molar-refractivity contribution is 2.02. The highest BCUT2D eigenvalue weighted by Gasteiger charge is 3.02. The number of nitrogens with zero attached hydrogens (tertiary/aromatic N) is 4. The maximum absolute atomic E-state index is 6.35. The van der Waals surface area contributed by atoms with Gasteiger partial charge in [-0.15, -0.1) is 0 Å². The summed E-state index contributed by atoms with van der Waals surface area (Å²) in [5.41, 5.74) is 0. The number of rotatable bonds is 0. The number of hydrogen-bond donors (Lipinski definition) is 0. The molecule has 0 aliphatic heterocycles. The molecule has 4 nitrogen and oxygen atoms in total. The summed E-state index contributed by atoms with van der Waals surface area (Å²) in [6, 6.07) is 0. The smallest absolute Gasteiger partial charge is 0.248 e. The van der Waals surface area contributed by atoms with Crippen molar-refractivity contribution >= 4 is 8.72 Å². The molecule has 5 heteroatoms. The Morgan fingerprint density at radius 3 is 0.889 bits per heavy atom. The van der Waals surface area contributed by atoms with Crippen LogP contribution in [0.4, 0.5) is 0 Å². The lowest BCUT2D eigenvalue weighted by atomic mass is 11.8. The third kappa shape index (κ3) is 1.04. The van der Waals surface area contributed by atoms with Crippen molar-refractivity contribution in [3.05, 3.63) is 44.3 Å². The van der Waals surface area contributed by atoms with Crippen molar-refractivity contribution < 1.29 is 0 Å². The highest BCUT2D eigenvalue weighted by Crippen LogP contribution is 2.08. The van der Waals surface area contributed by atoms with Gasteiger partial charge < -0.3 is 0 Å². The summed E-state index contributed by atoms with van der Waals surface area (Å²) in [5, 5.41) is 0. The van der Waals surface area contributed by atoms with Crippen LogP contribution in [0.2, 0.25) is 0 Å². The van der Waals surface area contributed by atoms with Gasteiger partial charge in [0.25, 0.3) is 0 Å². The monoisotopic (exact) mass is 132 g/mol. The summed E-state index contributed by atoms with van der Waals surface area (Å²) in [6.45, 7) is 25.4. The summed E-state index contributed by atoms with van der Waals surface area (Å²) < 4.78 is 10.8. The van der Waals surface area contributed by atoms with E-state index in [1.54, 1.807) is 0 Å². The molecule has 0 unspecified atom stereocenters. The Morgan fingerprint density at radius 2 is 0.889 bits per heavy atom. The molecule has 0 aliphatic rings.